The summed E-state index contributed by atoms with van der Waals surface area (Å²) < 4.78 is 88.7. The molecule has 2 rings (SSSR count). The van der Waals surface area contributed by atoms with Crippen molar-refractivity contribution in [1.82, 2.24) is 5.43 Å². The van der Waals surface area contributed by atoms with Crippen molar-refractivity contribution in [3.8, 4) is 0 Å². The molecular weight excluding hydrogens is 409 g/mol. The maximum absolute atomic E-state index is 13.3. The number of nitrogens with one attached hydrogen (secondary N) is 1. The van der Waals surface area contributed by atoms with Gasteiger partial charge in [0.25, 0.3) is 0 Å². The lowest BCUT2D eigenvalue weighted by Crippen LogP contribution is -2.58. The van der Waals surface area contributed by atoms with Crippen LogP contribution in [-0.2, 0) is 0 Å². The van der Waals surface area contributed by atoms with Gasteiger partial charge in [0.15, 0.2) is 0 Å². The highest BCUT2D eigenvalue weighted by molar-refractivity contribution is 8.00. The Morgan fingerprint density at radius 1 is 1.00 bits per heavy atom. The molecule has 0 aromatic heterocycles. The maximum Gasteiger partial charge on any atom is 0.462 e. The van der Waals surface area contributed by atoms with E-state index >= 15 is 0 Å². The number of benzene rings is 2. The quantitative estimate of drug-likeness (QED) is 0.181. The SMILES string of the molecule is CC[C@H](C)Sc1ccc(/C=N/NC(F)(F)C(F)(F)C(F)(F)F)c2ccccc12. The molecule has 0 saturated carbocycles. The van der Waals surface area contributed by atoms with Gasteiger partial charge in [-0.15, -0.1) is 11.8 Å². The number of nitrogens with zero attached hydrogens (tertiary/aromatic N) is 1. The van der Waals surface area contributed by atoms with Crippen LogP contribution in [-0.4, -0.2) is 29.6 Å². The summed E-state index contributed by atoms with van der Waals surface area (Å²) in [7, 11) is 0. The van der Waals surface area contributed by atoms with E-state index in [2.05, 4.69) is 5.10 Å². The van der Waals surface area contributed by atoms with Crippen LogP contribution >= 0.6 is 11.8 Å². The van der Waals surface area contributed by atoms with Gasteiger partial charge in [-0.05, 0) is 23.3 Å². The second-order valence-electron chi connectivity index (χ2n) is 6.05. The lowest BCUT2D eigenvalue weighted by Gasteiger charge is -2.27. The summed E-state index contributed by atoms with van der Waals surface area (Å²) in [6.45, 7) is 4.07. The van der Waals surface area contributed by atoms with Gasteiger partial charge in [-0.3, -0.25) is 0 Å². The molecule has 154 valence electrons. The molecule has 0 aliphatic carbocycles. The average molecular weight is 426 g/mol. The van der Waals surface area contributed by atoms with Crippen molar-refractivity contribution in [1.29, 1.82) is 0 Å². The number of alkyl halides is 7. The van der Waals surface area contributed by atoms with Gasteiger partial charge in [0, 0.05) is 15.7 Å². The Morgan fingerprint density at radius 3 is 2.18 bits per heavy atom. The van der Waals surface area contributed by atoms with Crippen molar-refractivity contribution in [2.45, 2.75) is 48.6 Å². The van der Waals surface area contributed by atoms with E-state index in [1.807, 2.05) is 13.8 Å². The number of thioether (sulfide) groups is 1. The van der Waals surface area contributed by atoms with Gasteiger partial charge in [-0.25, -0.2) is 5.43 Å². The van der Waals surface area contributed by atoms with E-state index in [-0.39, 0.29) is 0 Å². The van der Waals surface area contributed by atoms with Crippen LogP contribution in [0.25, 0.3) is 10.8 Å². The van der Waals surface area contributed by atoms with E-state index in [1.165, 1.54) is 6.07 Å². The summed E-state index contributed by atoms with van der Waals surface area (Å²) in [6, 6.07) is 4.62. The van der Waals surface area contributed by atoms with Crippen LogP contribution in [0.3, 0.4) is 0 Å². The van der Waals surface area contributed by atoms with E-state index in [4.69, 9.17) is 0 Å². The minimum absolute atomic E-state index is 0.294. The van der Waals surface area contributed by atoms with Gasteiger partial charge < -0.3 is 0 Å². The Labute approximate surface area is 161 Å². The Bertz CT molecular complexity index is 849. The summed E-state index contributed by atoms with van der Waals surface area (Å²) >= 11 is 1.61. The monoisotopic (exact) mass is 426 g/mol. The van der Waals surface area contributed by atoms with E-state index in [0.717, 1.165) is 22.9 Å². The number of halogens is 7. The first-order valence-corrected chi connectivity index (χ1v) is 9.09. The van der Waals surface area contributed by atoms with Crippen LogP contribution in [0.15, 0.2) is 46.4 Å². The Morgan fingerprint density at radius 2 is 1.61 bits per heavy atom. The van der Waals surface area contributed by atoms with Crippen molar-refractivity contribution in [3.05, 3.63) is 42.0 Å². The fraction of sp³-hybridized carbons (Fsp3) is 0.389. The lowest BCUT2D eigenvalue weighted by atomic mass is 10.1. The summed E-state index contributed by atoms with van der Waals surface area (Å²) in [6.07, 6.45) is -4.70. The Kier molecular flexibility index (Phi) is 6.52. The fourth-order valence-corrected chi connectivity index (χ4v) is 3.29. The maximum atomic E-state index is 13.3. The molecule has 0 aliphatic heterocycles. The highest BCUT2D eigenvalue weighted by Crippen LogP contribution is 2.45. The van der Waals surface area contributed by atoms with Gasteiger partial charge in [0.05, 0.1) is 6.21 Å². The van der Waals surface area contributed by atoms with Crippen LogP contribution in [0.1, 0.15) is 25.8 Å². The van der Waals surface area contributed by atoms with E-state index in [0.29, 0.717) is 21.6 Å². The molecule has 0 heterocycles. The smallest absolute Gasteiger partial charge is 0.242 e. The molecule has 2 nitrogen and oxygen atoms in total. The van der Waals surface area contributed by atoms with Crippen molar-refractivity contribution >= 4 is 28.7 Å². The predicted octanol–water partition coefficient (Wildman–Crippen LogP) is 6.44. The van der Waals surface area contributed by atoms with Crippen LogP contribution in [0.2, 0.25) is 0 Å². The molecule has 10 heteroatoms. The number of hydrogen-bond acceptors (Lipinski definition) is 3. The molecule has 0 aliphatic rings. The molecular formula is C18H17F7N2S. The molecule has 0 bridgehead atoms. The first-order chi connectivity index (χ1) is 12.9. The minimum atomic E-state index is -6.42. The number of hydrogen-bond donors (Lipinski definition) is 1. The van der Waals surface area contributed by atoms with Gasteiger partial charge in [0.2, 0.25) is 0 Å². The van der Waals surface area contributed by atoms with Crippen molar-refractivity contribution in [2.75, 3.05) is 0 Å². The van der Waals surface area contributed by atoms with Gasteiger partial charge in [-0.1, -0.05) is 44.2 Å². The van der Waals surface area contributed by atoms with Gasteiger partial charge >= 0.3 is 18.1 Å². The highest BCUT2D eigenvalue weighted by Gasteiger charge is 2.73. The normalized spacial score (nSPS) is 14.6. The second-order valence-corrected chi connectivity index (χ2v) is 7.53. The minimum Gasteiger partial charge on any atom is -0.242 e. The second kappa shape index (κ2) is 8.18. The molecule has 1 atom stereocenters. The molecule has 2 aromatic carbocycles. The predicted molar refractivity (Wildman–Crippen MR) is 96.2 cm³/mol. The lowest BCUT2D eigenvalue weighted by molar-refractivity contribution is -0.361. The molecule has 1 N–H and O–H groups in total. The average Bonchev–Trinajstić information content (AvgIpc) is 2.62. The largest absolute Gasteiger partial charge is 0.462 e. The van der Waals surface area contributed by atoms with Crippen LogP contribution in [0, 0.1) is 0 Å². The Hall–Kier alpha value is -1.97. The zero-order valence-electron chi connectivity index (χ0n) is 14.8. The fourth-order valence-electron chi connectivity index (χ4n) is 2.24. The Balaban J connectivity index is 2.31. The van der Waals surface area contributed by atoms with Gasteiger partial charge in [0.1, 0.15) is 0 Å². The first-order valence-electron chi connectivity index (χ1n) is 8.21. The third kappa shape index (κ3) is 4.53. The molecule has 0 radical (unpaired) electrons. The van der Waals surface area contributed by atoms with Crippen LogP contribution < -0.4 is 5.43 Å². The highest BCUT2D eigenvalue weighted by atomic mass is 32.2. The number of rotatable bonds is 7. The molecule has 2 aromatic rings. The molecule has 0 spiro atoms. The summed E-state index contributed by atoms with van der Waals surface area (Å²) in [5.41, 5.74) is 0.930. The number of fused-ring (bicyclic) bond motifs is 1. The van der Waals surface area contributed by atoms with Crippen molar-refractivity contribution in [2.24, 2.45) is 5.10 Å². The molecule has 0 saturated heterocycles. The third-order valence-corrected chi connectivity index (χ3v) is 5.33. The molecule has 0 amide bonds. The summed E-state index contributed by atoms with van der Waals surface area (Å²) in [4.78, 5) is 0.934. The standard InChI is InChI=1S/C18H17F7N2S/c1-3-11(2)28-15-9-8-12(13-6-4-5-7-14(13)15)10-26-27-18(24,25)16(19,20)17(21,22)23/h4-11,27H,3H2,1-2H3/b26-10+/t11-/m0/s1. The molecule has 0 unspecified atom stereocenters. The van der Waals surface area contributed by atoms with Crippen molar-refractivity contribution in [3.63, 3.8) is 0 Å². The molecule has 0 fully saturated rings. The van der Waals surface area contributed by atoms with Crippen LogP contribution in [0.5, 0.6) is 0 Å². The van der Waals surface area contributed by atoms with Gasteiger partial charge in [-0.2, -0.15) is 35.8 Å². The van der Waals surface area contributed by atoms with Crippen LogP contribution in [0.4, 0.5) is 30.7 Å². The third-order valence-electron chi connectivity index (χ3n) is 3.98. The topological polar surface area (TPSA) is 24.4 Å². The van der Waals surface area contributed by atoms with E-state index < -0.39 is 18.1 Å². The molecule has 28 heavy (non-hydrogen) atoms. The van der Waals surface area contributed by atoms with Crippen molar-refractivity contribution < 1.29 is 30.7 Å². The van der Waals surface area contributed by atoms with E-state index in [9.17, 15) is 30.7 Å². The number of hydrazone groups is 1. The summed E-state index contributed by atoms with van der Waals surface area (Å²) in [5.74, 6) is -6.27. The zero-order chi connectivity index (χ0) is 21.2. The zero-order valence-corrected chi connectivity index (χ0v) is 15.6. The van der Waals surface area contributed by atoms with E-state index in [1.54, 1.807) is 42.1 Å². The summed E-state index contributed by atoms with van der Waals surface area (Å²) in [5, 5.41) is 4.66. The first kappa shape index (κ1) is 22.3.